The van der Waals surface area contributed by atoms with Crippen molar-refractivity contribution < 1.29 is 4.74 Å². The molecule has 13 heavy (non-hydrogen) atoms. The van der Waals surface area contributed by atoms with Crippen molar-refractivity contribution in [3.05, 3.63) is 22.9 Å². The molecule has 72 valence electrons. The molecule has 1 aromatic rings. The van der Waals surface area contributed by atoms with E-state index < -0.39 is 8.07 Å². The maximum atomic E-state index is 5.60. The monoisotopic (exact) mass is 259 g/mol. The maximum Gasteiger partial charge on any atom is 0.137 e. The van der Waals surface area contributed by atoms with Gasteiger partial charge in [-0.2, -0.15) is 0 Å². The zero-order valence-corrected chi connectivity index (χ0v) is 10.8. The lowest BCUT2D eigenvalue weighted by atomic mass is 10.5. The Hall–Kier alpha value is -0.353. The van der Waals surface area contributed by atoms with E-state index in [1.54, 1.807) is 6.20 Å². The molecule has 0 aliphatic rings. The van der Waals surface area contributed by atoms with Gasteiger partial charge in [-0.3, -0.25) is 0 Å². The first-order valence-electron chi connectivity index (χ1n) is 4.22. The minimum absolute atomic E-state index is 0.841. The van der Waals surface area contributed by atoms with Gasteiger partial charge in [0.2, 0.25) is 0 Å². The van der Waals surface area contributed by atoms with Crippen LogP contribution in [0.4, 0.5) is 0 Å². The predicted molar refractivity (Wildman–Crippen MR) is 60.8 cm³/mol. The zero-order chi connectivity index (χ0) is 9.90. The molecule has 1 rings (SSSR count). The van der Waals surface area contributed by atoms with Gasteiger partial charge in [-0.25, -0.2) is 4.98 Å². The lowest BCUT2D eigenvalue weighted by Crippen LogP contribution is -2.29. The summed E-state index contributed by atoms with van der Waals surface area (Å²) < 4.78 is 6.44. The van der Waals surface area contributed by atoms with Crippen molar-refractivity contribution in [3.63, 3.8) is 0 Å². The average molecular weight is 260 g/mol. The molecule has 0 bridgehead atoms. The second-order valence-corrected chi connectivity index (χ2v) is 10.4. The van der Waals surface area contributed by atoms with Crippen LogP contribution in [0.5, 0.6) is 5.75 Å². The van der Waals surface area contributed by atoms with Crippen LogP contribution < -0.4 is 4.74 Å². The maximum absolute atomic E-state index is 5.60. The van der Waals surface area contributed by atoms with Crippen LogP contribution in [-0.4, -0.2) is 19.3 Å². The third-order valence-electron chi connectivity index (χ3n) is 1.37. The van der Waals surface area contributed by atoms with E-state index in [1.165, 1.54) is 0 Å². The molecular weight excluding hydrogens is 246 g/mol. The van der Waals surface area contributed by atoms with Crippen LogP contribution in [0.2, 0.25) is 19.6 Å². The summed E-state index contributed by atoms with van der Waals surface area (Å²) in [5, 5.41) is 0. The molecule has 1 heterocycles. The number of nitrogens with zero attached hydrogens (tertiary/aromatic N) is 1. The molecule has 0 aliphatic heterocycles. The van der Waals surface area contributed by atoms with Gasteiger partial charge in [-0.15, -0.1) is 0 Å². The van der Waals surface area contributed by atoms with E-state index in [0.717, 1.165) is 16.6 Å². The molecule has 0 unspecified atom stereocenters. The molecule has 2 nitrogen and oxygen atoms in total. The van der Waals surface area contributed by atoms with Crippen LogP contribution in [-0.2, 0) is 0 Å². The van der Waals surface area contributed by atoms with E-state index in [4.69, 9.17) is 4.74 Å². The van der Waals surface area contributed by atoms with Crippen molar-refractivity contribution in [2.75, 3.05) is 6.23 Å². The molecule has 0 fully saturated rings. The highest BCUT2D eigenvalue weighted by atomic mass is 79.9. The van der Waals surface area contributed by atoms with Crippen LogP contribution in [0.15, 0.2) is 22.9 Å². The topological polar surface area (TPSA) is 22.1 Å². The molecule has 0 amide bonds. The number of hydrogen-bond acceptors (Lipinski definition) is 2. The van der Waals surface area contributed by atoms with E-state index in [1.807, 2.05) is 12.1 Å². The minimum Gasteiger partial charge on any atom is -0.496 e. The Morgan fingerprint density at radius 3 is 2.54 bits per heavy atom. The summed E-state index contributed by atoms with van der Waals surface area (Å²) in [5.74, 6) is 0.852. The highest BCUT2D eigenvalue weighted by Gasteiger charge is 2.13. The number of pyridine rings is 1. The molecule has 0 saturated heterocycles. The van der Waals surface area contributed by atoms with E-state index in [9.17, 15) is 0 Å². The highest BCUT2D eigenvalue weighted by molar-refractivity contribution is 9.10. The van der Waals surface area contributed by atoms with Gasteiger partial charge in [0, 0.05) is 0 Å². The molecule has 0 saturated carbocycles. The second kappa shape index (κ2) is 4.24. The summed E-state index contributed by atoms with van der Waals surface area (Å²) in [6.07, 6.45) is 2.58. The average Bonchev–Trinajstić information content (AvgIpc) is 2.02. The molecule has 4 heteroatoms. The second-order valence-electron chi connectivity index (χ2n) is 4.17. The summed E-state index contributed by atoms with van der Waals surface area (Å²) in [4.78, 5) is 4.09. The molecule has 0 radical (unpaired) electrons. The number of hydrogen-bond donors (Lipinski definition) is 0. The molecule has 0 aromatic carbocycles. The molecule has 0 spiro atoms. The van der Waals surface area contributed by atoms with Crippen LogP contribution >= 0.6 is 15.9 Å². The lowest BCUT2D eigenvalue weighted by molar-refractivity contribution is 0.376. The van der Waals surface area contributed by atoms with Crippen molar-refractivity contribution in [2.45, 2.75) is 19.6 Å². The summed E-state index contributed by atoms with van der Waals surface area (Å²) in [6.45, 7) is 6.83. The van der Waals surface area contributed by atoms with Gasteiger partial charge in [0.1, 0.15) is 10.4 Å². The Morgan fingerprint density at radius 1 is 1.38 bits per heavy atom. The summed E-state index contributed by atoms with van der Waals surface area (Å²) in [5.41, 5.74) is 0. The number of aromatic nitrogens is 1. The summed E-state index contributed by atoms with van der Waals surface area (Å²) in [7, 11) is -1.12. The molecule has 0 atom stereocenters. The van der Waals surface area contributed by atoms with E-state index in [0.29, 0.717) is 0 Å². The predicted octanol–water partition coefficient (Wildman–Crippen LogP) is 3.10. The Labute approximate surface area is 88.5 Å². The van der Waals surface area contributed by atoms with Crippen molar-refractivity contribution in [3.8, 4) is 5.75 Å². The Kier molecular flexibility index (Phi) is 3.50. The first-order valence-corrected chi connectivity index (χ1v) is 8.72. The van der Waals surface area contributed by atoms with Crippen molar-refractivity contribution in [1.82, 2.24) is 4.98 Å². The van der Waals surface area contributed by atoms with Crippen LogP contribution in [0.25, 0.3) is 0 Å². The quantitative estimate of drug-likeness (QED) is 0.615. The summed E-state index contributed by atoms with van der Waals surface area (Å²) >= 11 is 3.28. The van der Waals surface area contributed by atoms with Gasteiger partial charge < -0.3 is 4.74 Å². The SMILES string of the molecule is C[Si](C)(C)COc1ccc(Br)nc1. The van der Waals surface area contributed by atoms with Crippen LogP contribution in [0.3, 0.4) is 0 Å². The molecule has 1 aromatic heterocycles. The van der Waals surface area contributed by atoms with Crippen molar-refractivity contribution >= 4 is 24.0 Å². The highest BCUT2D eigenvalue weighted by Crippen LogP contribution is 2.14. The smallest absolute Gasteiger partial charge is 0.137 e. The van der Waals surface area contributed by atoms with E-state index >= 15 is 0 Å². The largest absolute Gasteiger partial charge is 0.496 e. The van der Waals surface area contributed by atoms with Crippen LogP contribution in [0.1, 0.15) is 0 Å². The van der Waals surface area contributed by atoms with Crippen LogP contribution in [0, 0.1) is 0 Å². The lowest BCUT2D eigenvalue weighted by Gasteiger charge is -2.16. The van der Waals surface area contributed by atoms with Crippen molar-refractivity contribution in [2.24, 2.45) is 0 Å². The minimum atomic E-state index is -1.12. The van der Waals surface area contributed by atoms with Crippen molar-refractivity contribution in [1.29, 1.82) is 0 Å². The molecular formula is C9H14BrNOSi. The summed E-state index contributed by atoms with van der Waals surface area (Å²) in [6, 6.07) is 3.82. The van der Waals surface area contributed by atoms with Gasteiger partial charge in [0.25, 0.3) is 0 Å². The Bertz CT molecular complexity index is 268. The van der Waals surface area contributed by atoms with Gasteiger partial charge in [-0.1, -0.05) is 19.6 Å². The number of ether oxygens (including phenoxy) is 1. The molecule has 0 N–H and O–H groups in total. The van der Waals surface area contributed by atoms with Gasteiger partial charge in [0.15, 0.2) is 0 Å². The standard InChI is InChI=1S/C9H14BrNOSi/c1-13(2,3)7-12-8-4-5-9(10)11-6-8/h4-6H,7H2,1-3H3. The number of rotatable bonds is 3. The van der Waals surface area contributed by atoms with Gasteiger partial charge in [-0.05, 0) is 28.1 Å². The normalized spacial score (nSPS) is 11.4. The Morgan fingerprint density at radius 2 is 2.08 bits per heavy atom. The fourth-order valence-electron chi connectivity index (χ4n) is 0.747. The van der Waals surface area contributed by atoms with E-state index in [-0.39, 0.29) is 0 Å². The fourth-order valence-corrected chi connectivity index (χ4v) is 1.58. The molecule has 0 aliphatic carbocycles. The van der Waals surface area contributed by atoms with Gasteiger partial charge in [0.05, 0.1) is 20.5 Å². The zero-order valence-electron chi connectivity index (χ0n) is 8.17. The van der Waals surface area contributed by atoms with Gasteiger partial charge >= 0.3 is 0 Å². The first kappa shape index (κ1) is 10.7. The number of halogens is 1. The van der Waals surface area contributed by atoms with E-state index in [2.05, 4.69) is 40.6 Å². The Balaban J connectivity index is 2.51. The third-order valence-corrected chi connectivity index (χ3v) is 2.85. The fraction of sp³-hybridized carbons (Fsp3) is 0.444. The third kappa shape index (κ3) is 4.43. The first-order chi connectivity index (χ1) is 5.97.